The molecule has 0 unspecified atom stereocenters. The summed E-state index contributed by atoms with van der Waals surface area (Å²) in [6.45, 7) is 1.87. The van der Waals surface area contributed by atoms with Crippen LogP contribution in [0.2, 0.25) is 0 Å². The second-order valence-electron chi connectivity index (χ2n) is 9.49. The molecule has 4 aromatic rings. The standard InChI is InChI=1S/C32H35N3/c1-33(2)24-28-21-27(22-29(23-28)25-34(3)4)16-15-26-17-19-32(20-18-26)35(30-11-7-5-8-12-30)31-13-9-6-10-14-31/h5-23H,24-25H2,1-4H3/b16-15+. The van der Waals surface area contributed by atoms with Gasteiger partial charge in [-0.1, -0.05) is 78.9 Å². The number of anilines is 3. The van der Waals surface area contributed by atoms with Gasteiger partial charge < -0.3 is 14.7 Å². The lowest BCUT2D eigenvalue weighted by atomic mass is 10.0. The van der Waals surface area contributed by atoms with Gasteiger partial charge in [-0.3, -0.25) is 0 Å². The van der Waals surface area contributed by atoms with E-state index in [-0.39, 0.29) is 0 Å². The molecule has 0 aliphatic carbocycles. The van der Waals surface area contributed by atoms with Crippen LogP contribution in [-0.2, 0) is 13.1 Å². The Kier molecular flexibility index (Phi) is 8.15. The highest BCUT2D eigenvalue weighted by Gasteiger charge is 2.11. The lowest BCUT2D eigenvalue weighted by molar-refractivity contribution is 0.395. The van der Waals surface area contributed by atoms with Crippen molar-refractivity contribution in [3.05, 3.63) is 125 Å². The lowest BCUT2D eigenvalue weighted by Crippen LogP contribution is -2.13. The molecular weight excluding hydrogens is 426 g/mol. The number of nitrogens with zero attached hydrogens (tertiary/aromatic N) is 3. The summed E-state index contributed by atoms with van der Waals surface area (Å²) in [6, 6.07) is 36.7. The third kappa shape index (κ3) is 6.92. The molecule has 0 N–H and O–H groups in total. The van der Waals surface area contributed by atoms with E-state index in [1.807, 2.05) is 0 Å². The Morgan fingerprint density at radius 3 is 1.37 bits per heavy atom. The third-order valence-corrected chi connectivity index (χ3v) is 5.72. The van der Waals surface area contributed by atoms with E-state index >= 15 is 0 Å². The highest BCUT2D eigenvalue weighted by Crippen LogP contribution is 2.34. The summed E-state index contributed by atoms with van der Waals surface area (Å²) in [4.78, 5) is 6.71. The first-order valence-corrected chi connectivity index (χ1v) is 12.1. The first kappa shape index (κ1) is 24.5. The van der Waals surface area contributed by atoms with Crippen LogP contribution in [0.4, 0.5) is 17.1 Å². The minimum absolute atomic E-state index is 0.936. The fourth-order valence-electron chi connectivity index (χ4n) is 4.33. The molecule has 3 nitrogen and oxygen atoms in total. The van der Waals surface area contributed by atoms with Gasteiger partial charge in [0, 0.05) is 30.2 Å². The van der Waals surface area contributed by atoms with Gasteiger partial charge in [0.25, 0.3) is 0 Å². The van der Waals surface area contributed by atoms with Crippen molar-refractivity contribution < 1.29 is 0 Å². The highest BCUT2D eigenvalue weighted by atomic mass is 15.1. The van der Waals surface area contributed by atoms with Gasteiger partial charge in [0.1, 0.15) is 0 Å². The molecule has 0 radical (unpaired) electrons. The molecule has 0 aliphatic heterocycles. The van der Waals surface area contributed by atoms with E-state index in [2.05, 4.69) is 158 Å². The number of benzene rings is 4. The fourth-order valence-corrected chi connectivity index (χ4v) is 4.33. The fraction of sp³-hybridized carbons (Fsp3) is 0.188. The molecule has 178 valence electrons. The van der Waals surface area contributed by atoms with Crippen LogP contribution in [-0.4, -0.2) is 38.0 Å². The molecule has 4 aromatic carbocycles. The van der Waals surface area contributed by atoms with E-state index in [0.717, 1.165) is 30.2 Å². The average molecular weight is 462 g/mol. The summed E-state index contributed by atoms with van der Waals surface area (Å²) in [5.41, 5.74) is 8.53. The molecule has 3 heteroatoms. The maximum atomic E-state index is 2.31. The summed E-state index contributed by atoms with van der Waals surface area (Å²) in [7, 11) is 8.46. The second kappa shape index (κ2) is 11.7. The molecule has 0 fully saturated rings. The first-order chi connectivity index (χ1) is 17.0. The molecule has 0 atom stereocenters. The first-order valence-electron chi connectivity index (χ1n) is 12.1. The van der Waals surface area contributed by atoms with Crippen LogP contribution in [0, 0.1) is 0 Å². The van der Waals surface area contributed by atoms with E-state index in [9.17, 15) is 0 Å². The van der Waals surface area contributed by atoms with Gasteiger partial charge in [-0.05, 0) is 86.8 Å². The van der Waals surface area contributed by atoms with Gasteiger partial charge in [-0.2, -0.15) is 0 Å². The molecule has 0 aromatic heterocycles. The van der Waals surface area contributed by atoms with Crippen molar-refractivity contribution >= 4 is 29.2 Å². The molecular formula is C32H35N3. The lowest BCUT2D eigenvalue weighted by Gasteiger charge is -2.25. The SMILES string of the molecule is CN(C)Cc1cc(/C=C/c2ccc(N(c3ccccc3)c3ccccc3)cc2)cc(CN(C)C)c1. The number of hydrogen-bond acceptors (Lipinski definition) is 3. The van der Waals surface area contributed by atoms with Crippen LogP contribution in [0.5, 0.6) is 0 Å². The van der Waals surface area contributed by atoms with Crippen molar-refractivity contribution in [2.24, 2.45) is 0 Å². The predicted octanol–water partition coefficient (Wildman–Crippen LogP) is 7.45. The van der Waals surface area contributed by atoms with Crippen molar-refractivity contribution in [1.29, 1.82) is 0 Å². The molecule has 0 heterocycles. The van der Waals surface area contributed by atoms with Crippen LogP contribution in [0.1, 0.15) is 22.3 Å². The van der Waals surface area contributed by atoms with E-state index < -0.39 is 0 Å². The summed E-state index contributed by atoms with van der Waals surface area (Å²) >= 11 is 0. The highest BCUT2D eigenvalue weighted by molar-refractivity contribution is 5.78. The van der Waals surface area contributed by atoms with Gasteiger partial charge in [-0.25, -0.2) is 0 Å². The van der Waals surface area contributed by atoms with Crippen LogP contribution in [0.3, 0.4) is 0 Å². The zero-order chi connectivity index (χ0) is 24.6. The predicted molar refractivity (Wildman–Crippen MR) is 151 cm³/mol. The van der Waals surface area contributed by atoms with Crippen molar-refractivity contribution in [2.75, 3.05) is 33.1 Å². The monoisotopic (exact) mass is 461 g/mol. The summed E-state index contributed by atoms with van der Waals surface area (Å²) in [5.74, 6) is 0. The van der Waals surface area contributed by atoms with Crippen LogP contribution in [0.15, 0.2) is 103 Å². The minimum Gasteiger partial charge on any atom is -0.311 e. The molecule has 0 aliphatic rings. The zero-order valence-corrected chi connectivity index (χ0v) is 21.2. The quantitative estimate of drug-likeness (QED) is 0.240. The van der Waals surface area contributed by atoms with Gasteiger partial charge >= 0.3 is 0 Å². The molecule has 4 rings (SSSR count). The van der Waals surface area contributed by atoms with Gasteiger partial charge in [0.15, 0.2) is 0 Å². The van der Waals surface area contributed by atoms with E-state index in [1.165, 1.54) is 22.3 Å². The topological polar surface area (TPSA) is 9.72 Å². The Hall–Kier alpha value is -3.66. The van der Waals surface area contributed by atoms with Crippen LogP contribution < -0.4 is 4.90 Å². The minimum atomic E-state index is 0.936. The van der Waals surface area contributed by atoms with Gasteiger partial charge in [-0.15, -0.1) is 0 Å². The largest absolute Gasteiger partial charge is 0.311 e. The molecule has 0 saturated carbocycles. The average Bonchev–Trinajstić information content (AvgIpc) is 2.84. The van der Waals surface area contributed by atoms with Crippen molar-refractivity contribution in [2.45, 2.75) is 13.1 Å². The number of rotatable bonds is 9. The van der Waals surface area contributed by atoms with Crippen LogP contribution >= 0.6 is 0 Å². The summed E-state index contributed by atoms with van der Waals surface area (Å²) in [6.07, 6.45) is 4.42. The van der Waals surface area contributed by atoms with Gasteiger partial charge in [0.2, 0.25) is 0 Å². The Balaban J connectivity index is 1.59. The van der Waals surface area contributed by atoms with Gasteiger partial charge in [0.05, 0.1) is 0 Å². The Morgan fingerprint density at radius 2 is 0.914 bits per heavy atom. The summed E-state index contributed by atoms with van der Waals surface area (Å²) < 4.78 is 0. The van der Waals surface area contributed by atoms with Crippen molar-refractivity contribution in [3.8, 4) is 0 Å². The Morgan fingerprint density at radius 1 is 0.486 bits per heavy atom. The smallest absolute Gasteiger partial charge is 0.0462 e. The maximum Gasteiger partial charge on any atom is 0.0462 e. The van der Waals surface area contributed by atoms with E-state index in [4.69, 9.17) is 0 Å². The molecule has 0 saturated heterocycles. The molecule has 35 heavy (non-hydrogen) atoms. The van der Waals surface area contributed by atoms with Crippen molar-refractivity contribution in [1.82, 2.24) is 9.80 Å². The number of para-hydroxylation sites is 2. The van der Waals surface area contributed by atoms with Crippen molar-refractivity contribution in [3.63, 3.8) is 0 Å². The molecule has 0 amide bonds. The zero-order valence-electron chi connectivity index (χ0n) is 21.2. The normalized spacial score (nSPS) is 11.5. The molecule has 0 spiro atoms. The van der Waals surface area contributed by atoms with E-state index in [0.29, 0.717) is 0 Å². The Labute approximate surface area is 210 Å². The van der Waals surface area contributed by atoms with E-state index in [1.54, 1.807) is 0 Å². The Bertz CT molecular complexity index is 1160. The number of hydrogen-bond donors (Lipinski definition) is 0. The third-order valence-electron chi connectivity index (χ3n) is 5.72. The molecule has 0 bridgehead atoms. The summed E-state index contributed by atoms with van der Waals surface area (Å²) in [5, 5.41) is 0. The second-order valence-corrected chi connectivity index (χ2v) is 9.49. The maximum absolute atomic E-state index is 2.31. The van der Waals surface area contributed by atoms with Crippen LogP contribution in [0.25, 0.3) is 12.2 Å².